The highest BCUT2D eigenvalue weighted by molar-refractivity contribution is 6.03. The molecule has 0 saturated carbocycles. The van der Waals surface area contributed by atoms with Crippen molar-refractivity contribution >= 4 is 11.5 Å². The number of benzene rings is 1. The van der Waals surface area contributed by atoms with Crippen LogP contribution in [0.5, 0.6) is 11.5 Å². The number of aliphatic hydroxyl groups is 1. The lowest BCUT2D eigenvalue weighted by molar-refractivity contribution is 0.184. The molecule has 4 rings (SSSR count). The van der Waals surface area contributed by atoms with Crippen LogP contribution in [0.3, 0.4) is 0 Å². The molecule has 7 nitrogen and oxygen atoms in total. The SMILES string of the molecule is COc1cc(OC)cc(N2CC(O)C(c3nc4c([nH]3)CCCC4)C2=N)c1. The van der Waals surface area contributed by atoms with Gasteiger partial charge in [0.2, 0.25) is 0 Å². The Morgan fingerprint density at radius 1 is 1.15 bits per heavy atom. The van der Waals surface area contributed by atoms with Crippen LogP contribution in [0.2, 0.25) is 0 Å². The molecule has 1 fully saturated rings. The number of fused-ring (bicyclic) bond motifs is 1. The Kier molecular flexibility index (Phi) is 4.32. The lowest BCUT2D eigenvalue weighted by Crippen LogP contribution is -2.26. The molecule has 0 spiro atoms. The molecule has 1 aliphatic carbocycles. The normalized spacial score (nSPS) is 22.4. The molecule has 2 atom stereocenters. The number of hydrogen-bond donors (Lipinski definition) is 3. The molecule has 0 bridgehead atoms. The minimum absolute atomic E-state index is 0.332. The average Bonchev–Trinajstić information content (AvgIpc) is 3.21. The third kappa shape index (κ3) is 2.82. The standard InChI is InChI=1S/C19H24N4O3/c1-25-12-7-11(8-13(9-12)26-2)23-10-16(24)17(18(23)20)19-21-14-5-3-4-6-15(14)22-19/h7-9,16-17,20,24H,3-6,10H2,1-2H3,(H,21,22). The molecule has 0 amide bonds. The number of ether oxygens (including phenoxy) is 2. The van der Waals surface area contributed by atoms with Crippen molar-refractivity contribution in [2.24, 2.45) is 0 Å². The van der Waals surface area contributed by atoms with Crippen molar-refractivity contribution in [3.63, 3.8) is 0 Å². The molecule has 2 aliphatic rings. The summed E-state index contributed by atoms with van der Waals surface area (Å²) < 4.78 is 10.7. The predicted molar refractivity (Wildman–Crippen MR) is 98.6 cm³/mol. The summed E-state index contributed by atoms with van der Waals surface area (Å²) in [6, 6.07) is 5.48. The second-order valence-corrected chi connectivity index (χ2v) is 6.87. The highest BCUT2D eigenvalue weighted by atomic mass is 16.5. The number of aryl methyl sites for hydroxylation is 2. The monoisotopic (exact) mass is 356 g/mol. The zero-order valence-corrected chi connectivity index (χ0v) is 15.1. The fraction of sp³-hybridized carbons (Fsp3) is 0.474. The van der Waals surface area contributed by atoms with Crippen molar-refractivity contribution < 1.29 is 14.6 Å². The van der Waals surface area contributed by atoms with E-state index in [2.05, 4.69) is 4.98 Å². The summed E-state index contributed by atoms with van der Waals surface area (Å²) in [7, 11) is 3.19. The lowest BCUT2D eigenvalue weighted by Gasteiger charge is -2.20. The maximum absolute atomic E-state index is 10.7. The molecule has 0 radical (unpaired) electrons. The Morgan fingerprint density at radius 3 is 2.50 bits per heavy atom. The third-order valence-corrected chi connectivity index (χ3v) is 5.26. The number of amidine groups is 1. The summed E-state index contributed by atoms with van der Waals surface area (Å²) in [4.78, 5) is 9.86. The summed E-state index contributed by atoms with van der Waals surface area (Å²) in [5.74, 6) is 1.89. The minimum atomic E-state index is -0.688. The molecule has 1 saturated heterocycles. The highest BCUT2D eigenvalue weighted by Gasteiger charge is 2.40. The molecular weight excluding hydrogens is 332 g/mol. The zero-order chi connectivity index (χ0) is 18.3. The predicted octanol–water partition coefficient (Wildman–Crippen LogP) is 2.25. The smallest absolute Gasteiger partial charge is 0.124 e. The summed E-state index contributed by atoms with van der Waals surface area (Å²) in [6.45, 7) is 0.338. The molecule has 2 heterocycles. The second-order valence-electron chi connectivity index (χ2n) is 6.87. The highest BCUT2D eigenvalue weighted by Crippen LogP contribution is 2.36. The molecule has 1 aromatic heterocycles. The number of hydrogen-bond acceptors (Lipinski definition) is 5. The van der Waals surface area contributed by atoms with Gasteiger partial charge in [0.25, 0.3) is 0 Å². The third-order valence-electron chi connectivity index (χ3n) is 5.26. The summed E-state index contributed by atoms with van der Waals surface area (Å²) in [5, 5.41) is 19.3. The van der Waals surface area contributed by atoms with Crippen LogP contribution in [0.1, 0.15) is 36.0 Å². The zero-order valence-electron chi connectivity index (χ0n) is 15.1. The van der Waals surface area contributed by atoms with Crippen LogP contribution in [0.25, 0.3) is 0 Å². The Balaban J connectivity index is 1.65. The first-order valence-electron chi connectivity index (χ1n) is 8.95. The average molecular weight is 356 g/mol. The van der Waals surface area contributed by atoms with Gasteiger partial charge in [-0.05, 0) is 25.7 Å². The Hall–Kier alpha value is -2.54. The van der Waals surface area contributed by atoms with Crippen LogP contribution >= 0.6 is 0 Å². The van der Waals surface area contributed by atoms with Crippen molar-refractivity contribution in [3.05, 3.63) is 35.4 Å². The van der Waals surface area contributed by atoms with E-state index in [9.17, 15) is 5.11 Å². The Morgan fingerprint density at radius 2 is 1.85 bits per heavy atom. The van der Waals surface area contributed by atoms with Gasteiger partial charge in [-0.1, -0.05) is 0 Å². The topological polar surface area (TPSA) is 94.5 Å². The fourth-order valence-corrected chi connectivity index (χ4v) is 3.87. The number of rotatable bonds is 4. The van der Waals surface area contributed by atoms with Crippen molar-refractivity contribution in [2.75, 3.05) is 25.7 Å². The van der Waals surface area contributed by atoms with Gasteiger partial charge >= 0.3 is 0 Å². The molecule has 2 unspecified atom stereocenters. The summed E-state index contributed by atoms with van der Waals surface area (Å²) in [5.41, 5.74) is 3.02. The Labute approximate surface area is 152 Å². The maximum atomic E-state index is 10.7. The van der Waals surface area contributed by atoms with E-state index in [0.29, 0.717) is 29.7 Å². The van der Waals surface area contributed by atoms with Crippen molar-refractivity contribution in [3.8, 4) is 11.5 Å². The van der Waals surface area contributed by atoms with E-state index in [0.717, 1.165) is 42.8 Å². The molecule has 26 heavy (non-hydrogen) atoms. The number of imidazole rings is 1. The number of aliphatic hydroxyl groups excluding tert-OH is 1. The largest absolute Gasteiger partial charge is 0.497 e. The first-order chi connectivity index (χ1) is 12.6. The van der Waals surface area contributed by atoms with Crippen LogP contribution in [0.15, 0.2) is 18.2 Å². The number of methoxy groups -OCH3 is 2. The van der Waals surface area contributed by atoms with E-state index in [1.54, 1.807) is 25.2 Å². The number of H-pyrrole nitrogens is 1. The molecular formula is C19H24N4O3. The Bertz CT molecular complexity index is 786. The molecule has 2 aromatic rings. The van der Waals surface area contributed by atoms with Crippen molar-refractivity contribution in [1.82, 2.24) is 9.97 Å². The molecule has 3 N–H and O–H groups in total. The number of aromatic nitrogens is 2. The van der Waals surface area contributed by atoms with Crippen LogP contribution < -0.4 is 14.4 Å². The van der Waals surface area contributed by atoms with Gasteiger partial charge in [0.05, 0.1) is 32.6 Å². The van der Waals surface area contributed by atoms with E-state index >= 15 is 0 Å². The number of anilines is 1. The summed E-state index contributed by atoms with van der Waals surface area (Å²) >= 11 is 0. The first kappa shape index (κ1) is 16.9. The molecule has 1 aromatic carbocycles. The van der Waals surface area contributed by atoms with E-state index in [1.807, 2.05) is 12.1 Å². The van der Waals surface area contributed by atoms with Gasteiger partial charge in [-0.3, -0.25) is 5.41 Å². The molecule has 138 valence electrons. The van der Waals surface area contributed by atoms with Gasteiger partial charge < -0.3 is 24.5 Å². The number of β-amino-alcohol motifs (C(OH)–C–C–N with tert-alkyl or cyclic N) is 1. The second kappa shape index (κ2) is 6.64. The number of nitrogens with one attached hydrogen (secondary N) is 2. The summed E-state index contributed by atoms with van der Waals surface area (Å²) in [6.07, 6.45) is 3.59. The maximum Gasteiger partial charge on any atom is 0.124 e. The van der Waals surface area contributed by atoms with E-state index in [4.69, 9.17) is 19.9 Å². The van der Waals surface area contributed by atoms with Gasteiger partial charge in [0.15, 0.2) is 0 Å². The minimum Gasteiger partial charge on any atom is -0.497 e. The van der Waals surface area contributed by atoms with Crippen LogP contribution in [-0.2, 0) is 12.8 Å². The van der Waals surface area contributed by atoms with Gasteiger partial charge in [0, 0.05) is 29.6 Å². The number of aromatic amines is 1. The van der Waals surface area contributed by atoms with Crippen molar-refractivity contribution in [1.29, 1.82) is 5.41 Å². The van der Waals surface area contributed by atoms with Gasteiger partial charge in [0.1, 0.15) is 29.1 Å². The van der Waals surface area contributed by atoms with E-state index in [1.165, 1.54) is 0 Å². The van der Waals surface area contributed by atoms with E-state index in [-0.39, 0.29) is 0 Å². The fourth-order valence-electron chi connectivity index (χ4n) is 3.87. The van der Waals surface area contributed by atoms with Crippen LogP contribution in [0, 0.1) is 5.41 Å². The number of nitrogens with zero attached hydrogens (tertiary/aromatic N) is 2. The molecule has 7 heteroatoms. The first-order valence-corrected chi connectivity index (χ1v) is 8.95. The van der Waals surface area contributed by atoms with Crippen LogP contribution in [0.4, 0.5) is 5.69 Å². The molecule has 1 aliphatic heterocycles. The quantitative estimate of drug-likeness (QED) is 0.781. The van der Waals surface area contributed by atoms with Gasteiger partial charge in [-0.2, -0.15) is 0 Å². The van der Waals surface area contributed by atoms with Crippen LogP contribution in [-0.4, -0.2) is 47.8 Å². The van der Waals surface area contributed by atoms with Gasteiger partial charge in [-0.25, -0.2) is 4.98 Å². The van der Waals surface area contributed by atoms with Gasteiger partial charge in [-0.15, -0.1) is 0 Å². The van der Waals surface area contributed by atoms with E-state index < -0.39 is 12.0 Å². The lowest BCUT2D eigenvalue weighted by atomic mass is 10.0. The van der Waals surface area contributed by atoms with Crippen molar-refractivity contribution in [2.45, 2.75) is 37.7 Å².